The molecule has 2 rings (SSSR count). The maximum absolute atomic E-state index is 5.79. The lowest BCUT2D eigenvalue weighted by atomic mass is 10.0. The number of aryl methyl sites for hydroxylation is 3. The van der Waals surface area contributed by atoms with Crippen molar-refractivity contribution in [2.24, 2.45) is 11.7 Å². The van der Waals surface area contributed by atoms with Gasteiger partial charge in [-0.1, -0.05) is 6.42 Å². The van der Waals surface area contributed by atoms with Gasteiger partial charge in [0.25, 0.3) is 0 Å². The minimum Gasteiger partial charge on any atom is -0.330 e. The molecular weight excluding hydrogens is 224 g/mol. The summed E-state index contributed by atoms with van der Waals surface area (Å²) in [6, 6.07) is 2.78. The number of rotatable bonds is 6. The fourth-order valence-electron chi connectivity index (χ4n) is 3.01. The molecule has 4 nitrogen and oxygen atoms in total. The Morgan fingerprint density at radius 3 is 2.94 bits per heavy atom. The molecule has 1 heterocycles. The van der Waals surface area contributed by atoms with Crippen LogP contribution in [0.25, 0.3) is 0 Å². The average molecular weight is 250 g/mol. The topological polar surface area (TPSA) is 55.9 Å². The van der Waals surface area contributed by atoms with Crippen LogP contribution in [0, 0.1) is 19.8 Å². The molecule has 2 unspecified atom stereocenters. The third kappa shape index (κ3) is 3.33. The Bertz CT molecular complexity index is 372. The zero-order valence-electron chi connectivity index (χ0n) is 11.7. The first-order valence-electron chi connectivity index (χ1n) is 7.15. The van der Waals surface area contributed by atoms with Crippen molar-refractivity contribution in [1.29, 1.82) is 0 Å². The van der Waals surface area contributed by atoms with Crippen molar-refractivity contribution in [2.75, 3.05) is 13.1 Å². The van der Waals surface area contributed by atoms with Crippen LogP contribution in [0.1, 0.15) is 37.1 Å². The molecule has 0 spiro atoms. The molecule has 4 heteroatoms. The zero-order valence-corrected chi connectivity index (χ0v) is 11.7. The lowest BCUT2D eigenvalue weighted by Crippen LogP contribution is -2.36. The maximum Gasteiger partial charge on any atom is 0.0596 e. The Hall–Kier alpha value is -0.870. The molecule has 1 aliphatic carbocycles. The summed E-state index contributed by atoms with van der Waals surface area (Å²) < 4.78 is 2.10. The van der Waals surface area contributed by atoms with Gasteiger partial charge in [-0.3, -0.25) is 4.68 Å². The fraction of sp³-hybridized carbons (Fsp3) is 0.786. The van der Waals surface area contributed by atoms with Crippen LogP contribution >= 0.6 is 0 Å². The second-order valence-electron chi connectivity index (χ2n) is 5.49. The van der Waals surface area contributed by atoms with Gasteiger partial charge in [0.05, 0.1) is 5.69 Å². The molecule has 0 aliphatic heterocycles. The molecule has 18 heavy (non-hydrogen) atoms. The van der Waals surface area contributed by atoms with E-state index >= 15 is 0 Å². The van der Waals surface area contributed by atoms with E-state index in [0.717, 1.165) is 31.7 Å². The molecule has 1 aliphatic rings. The number of aromatic nitrogens is 2. The molecule has 0 radical (unpaired) electrons. The van der Waals surface area contributed by atoms with Gasteiger partial charge in [-0.25, -0.2) is 0 Å². The van der Waals surface area contributed by atoms with Crippen LogP contribution in [0.5, 0.6) is 0 Å². The summed E-state index contributed by atoms with van der Waals surface area (Å²) in [5, 5.41) is 8.14. The average Bonchev–Trinajstić information content (AvgIpc) is 2.91. The minimum atomic E-state index is 0.649. The number of hydrogen-bond donors (Lipinski definition) is 2. The Morgan fingerprint density at radius 2 is 2.28 bits per heavy atom. The molecule has 0 amide bonds. The zero-order chi connectivity index (χ0) is 13.0. The second kappa shape index (κ2) is 6.34. The van der Waals surface area contributed by atoms with Crippen LogP contribution in [0.2, 0.25) is 0 Å². The van der Waals surface area contributed by atoms with Gasteiger partial charge in [0.2, 0.25) is 0 Å². The number of nitrogens with two attached hydrogens (primary N) is 1. The Balaban J connectivity index is 1.68. The first-order valence-corrected chi connectivity index (χ1v) is 7.15. The molecule has 2 atom stereocenters. The van der Waals surface area contributed by atoms with E-state index in [1.165, 1.54) is 25.0 Å². The third-order valence-corrected chi connectivity index (χ3v) is 4.02. The van der Waals surface area contributed by atoms with Crippen LogP contribution in [-0.2, 0) is 6.54 Å². The highest BCUT2D eigenvalue weighted by Gasteiger charge is 2.24. The van der Waals surface area contributed by atoms with Gasteiger partial charge in [0.1, 0.15) is 0 Å². The van der Waals surface area contributed by atoms with Crippen LogP contribution in [0.3, 0.4) is 0 Å². The highest BCUT2D eigenvalue weighted by Crippen LogP contribution is 2.24. The van der Waals surface area contributed by atoms with Gasteiger partial charge in [-0.05, 0) is 58.2 Å². The molecule has 1 aromatic heterocycles. The van der Waals surface area contributed by atoms with Crippen LogP contribution in [0.15, 0.2) is 6.07 Å². The van der Waals surface area contributed by atoms with E-state index in [4.69, 9.17) is 5.73 Å². The van der Waals surface area contributed by atoms with Crippen LogP contribution < -0.4 is 11.1 Å². The van der Waals surface area contributed by atoms with Gasteiger partial charge in [-0.2, -0.15) is 5.10 Å². The lowest BCUT2D eigenvalue weighted by molar-refractivity contribution is 0.396. The van der Waals surface area contributed by atoms with Crippen molar-refractivity contribution in [3.8, 4) is 0 Å². The molecule has 0 bridgehead atoms. The summed E-state index contributed by atoms with van der Waals surface area (Å²) in [4.78, 5) is 0. The predicted molar refractivity (Wildman–Crippen MR) is 74.5 cm³/mol. The second-order valence-corrected chi connectivity index (χ2v) is 5.49. The minimum absolute atomic E-state index is 0.649. The SMILES string of the molecule is Cc1cc(C)n(CCCNC2CCCC2CN)n1. The molecule has 102 valence electrons. The lowest BCUT2D eigenvalue weighted by Gasteiger charge is -2.19. The summed E-state index contributed by atoms with van der Waals surface area (Å²) in [7, 11) is 0. The number of nitrogens with zero attached hydrogens (tertiary/aromatic N) is 2. The third-order valence-electron chi connectivity index (χ3n) is 4.02. The van der Waals surface area contributed by atoms with Crippen molar-refractivity contribution in [3.63, 3.8) is 0 Å². The molecule has 0 saturated heterocycles. The van der Waals surface area contributed by atoms with E-state index in [9.17, 15) is 0 Å². The van der Waals surface area contributed by atoms with Crippen molar-refractivity contribution in [1.82, 2.24) is 15.1 Å². The summed E-state index contributed by atoms with van der Waals surface area (Å²) >= 11 is 0. The van der Waals surface area contributed by atoms with Gasteiger partial charge < -0.3 is 11.1 Å². The summed E-state index contributed by atoms with van der Waals surface area (Å²) in [5.41, 5.74) is 8.16. The first-order chi connectivity index (χ1) is 8.70. The number of hydrogen-bond acceptors (Lipinski definition) is 3. The molecular formula is C14H26N4. The normalized spacial score (nSPS) is 23.7. The summed E-state index contributed by atoms with van der Waals surface area (Å²) in [6.45, 7) is 7.07. The van der Waals surface area contributed by atoms with E-state index < -0.39 is 0 Å². The fourth-order valence-corrected chi connectivity index (χ4v) is 3.01. The smallest absolute Gasteiger partial charge is 0.0596 e. The summed E-state index contributed by atoms with van der Waals surface area (Å²) in [6.07, 6.45) is 5.06. The molecule has 1 saturated carbocycles. The predicted octanol–water partition coefficient (Wildman–Crippen LogP) is 1.61. The Kier molecular flexibility index (Phi) is 4.78. The maximum atomic E-state index is 5.79. The van der Waals surface area contributed by atoms with Crippen molar-refractivity contribution in [2.45, 2.75) is 52.1 Å². The number of nitrogens with one attached hydrogen (secondary N) is 1. The molecule has 0 aromatic carbocycles. The highest BCUT2D eigenvalue weighted by atomic mass is 15.3. The van der Waals surface area contributed by atoms with Gasteiger partial charge in [0.15, 0.2) is 0 Å². The molecule has 1 aromatic rings. The standard InChI is InChI=1S/C14H26N4/c1-11-9-12(2)18(17-11)8-4-7-16-14-6-3-5-13(14)10-15/h9,13-14,16H,3-8,10,15H2,1-2H3. The van der Waals surface area contributed by atoms with Crippen LogP contribution in [0.4, 0.5) is 0 Å². The van der Waals surface area contributed by atoms with Crippen molar-refractivity contribution >= 4 is 0 Å². The molecule has 3 N–H and O–H groups in total. The van der Waals surface area contributed by atoms with Gasteiger partial charge in [0, 0.05) is 18.3 Å². The van der Waals surface area contributed by atoms with E-state index in [1.54, 1.807) is 0 Å². The quantitative estimate of drug-likeness (QED) is 0.754. The highest BCUT2D eigenvalue weighted by molar-refractivity contribution is 5.06. The van der Waals surface area contributed by atoms with Crippen molar-refractivity contribution in [3.05, 3.63) is 17.5 Å². The monoisotopic (exact) mass is 250 g/mol. The van der Waals surface area contributed by atoms with Crippen molar-refractivity contribution < 1.29 is 0 Å². The Labute approximate surface area is 110 Å². The van der Waals surface area contributed by atoms with E-state index in [-0.39, 0.29) is 0 Å². The first kappa shape index (κ1) is 13.6. The van der Waals surface area contributed by atoms with Gasteiger partial charge >= 0.3 is 0 Å². The van der Waals surface area contributed by atoms with E-state index in [1.807, 2.05) is 6.92 Å². The molecule has 1 fully saturated rings. The summed E-state index contributed by atoms with van der Waals surface area (Å²) in [5.74, 6) is 0.693. The van der Waals surface area contributed by atoms with Crippen LogP contribution in [-0.4, -0.2) is 28.9 Å². The van der Waals surface area contributed by atoms with E-state index in [2.05, 4.69) is 28.1 Å². The Morgan fingerprint density at radius 1 is 1.44 bits per heavy atom. The largest absolute Gasteiger partial charge is 0.330 e. The van der Waals surface area contributed by atoms with E-state index in [0.29, 0.717) is 12.0 Å². The van der Waals surface area contributed by atoms with Gasteiger partial charge in [-0.15, -0.1) is 0 Å².